The summed E-state index contributed by atoms with van der Waals surface area (Å²) < 4.78 is 30.9. The van der Waals surface area contributed by atoms with Gasteiger partial charge in [0.05, 0.1) is 22.5 Å². The number of oxime groups is 1. The normalized spacial score (nSPS) is 11.1. The maximum atomic E-state index is 13.3. The van der Waals surface area contributed by atoms with E-state index >= 15 is 0 Å². The van der Waals surface area contributed by atoms with Crippen molar-refractivity contribution in [2.45, 2.75) is 13.5 Å². The number of halogens is 3. The van der Waals surface area contributed by atoms with Crippen molar-refractivity contribution in [2.75, 3.05) is 19.5 Å². The maximum absolute atomic E-state index is 13.3. The number of hydrogen-bond acceptors (Lipinski definition) is 8. The summed E-state index contributed by atoms with van der Waals surface area (Å²) in [6, 6.07) is 7.19. The summed E-state index contributed by atoms with van der Waals surface area (Å²) in [5, 5.41) is 10.3. The van der Waals surface area contributed by atoms with E-state index in [1.807, 2.05) is 0 Å². The molecule has 2 heterocycles. The van der Waals surface area contributed by atoms with Crippen molar-refractivity contribution in [3.8, 4) is 11.7 Å². The molecule has 1 aromatic carbocycles. The van der Waals surface area contributed by atoms with Crippen molar-refractivity contribution in [2.24, 2.45) is 5.16 Å². The number of pyridine rings is 1. The molecule has 3 rings (SSSR count). The monoisotopic (exact) mass is 507 g/mol. The molecule has 184 valence electrons. The summed E-state index contributed by atoms with van der Waals surface area (Å²) in [5.41, 5.74) is 6.03. The molecule has 2 amide bonds. The molecule has 0 fully saturated rings. The van der Waals surface area contributed by atoms with Gasteiger partial charge in [-0.1, -0.05) is 16.8 Å². The number of carbonyl (C=O) groups is 2. The van der Waals surface area contributed by atoms with Gasteiger partial charge in [0.1, 0.15) is 12.8 Å². The van der Waals surface area contributed by atoms with Gasteiger partial charge in [-0.05, 0) is 42.3 Å². The molecule has 0 saturated heterocycles. The molecule has 3 N–H and O–H groups in total. The zero-order valence-electron chi connectivity index (χ0n) is 18.7. The van der Waals surface area contributed by atoms with Crippen LogP contribution in [-0.2, 0) is 4.84 Å². The van der Waals surface area contributed by atoms with E-state index in [-0.39, 0.29) is 27.8 Å². The Morgan fingerprint density at radius 3 is 2.69 bits per heavy atom. The van der Waals surface area contributed by atoms with Gasteiger partial charge in [-0.3, -0.25) is 15.0 Å². The lowest BCUT2D eigenvalue weighted by Crippen LogP contribution is -2.35. The average Bonchev–Trinajstić information content (AvgIpc) is 3.22. The SMILES string of the molecule is CNNC(=O)c1cc(/C=N/OC)cc(C)c1NC(=O)c1cc(OC(F)F)nn1-c1ncccc1Cl. The van der Waals surface area contributed by atoms with Gasteiger partial charge in [0.25, 0.3) is 11.8 Å². The Balaban J connectivity index is 2.07. The summed E-state index contributed by atoms with van der Waals surface area (Å²) in [6.45, 7) is -1.51. The van der Waals surface area contributed by atoms with Crippen LogP contribution in [0, 0.1) is 6.92 Å². The van der Waals surface area contributed by atoms with Crippen LogP contribution in [0.15, 0.2) is 41.7 Å². The Kier molecular flexibility index (Phi) is 8.28. The van der Waals surface area contributed by atoms with Gasteiger partial charge in [0, 0.05) is 19.3 Å². The summed E-state index contributed by atoms with van der Waals surface area (Å²) in [7, 11) is 2.87. The second-order valence-corrected chi connectivity index (χ2v) is 7.21. The van der Waals surface area contributed by atoms with E-state index in [2.05, 4.69) is 41.0 Å². The van der Waals surface area contributed by atoms with Gasteiger partial charge in [-0.15, -0.1) is 5.10 Å². The molecule has 0 atom stereocenters. The Hall–Kier alpha value is -4.10. The molecular formula is C21H20ClF2N7O4. The minimum atomic E-state index is -3.17. The Morgan fingerprint density at radius 2 is 2.03 bits per heavy atom. The summed E-state index contributed by atoms with van der Waals surface area (Å²) in [5.74, 6) is -1.85. The van der Waals surface area contributed by atoms with E-state index < -0.39 is 24.3 Å². The number of alkyl halides is 2. The van der Waals surface area contributed by atoms with E-state index in [1.165, 1.54) is 38.7 Å². The fraction of sp³-hybridized carbons (Fsp3) is 0.190. The summed E-state index contributed by atoms with van der Waals surface area (Å²) in [6.07, 6.45) is 2.78. The van der Waals surface area contributed by atoms with E-state index in [1.54, 1.807) is 19.1 Å². The molecule has 3 aromatic rings. The molecule has 0 radical (unpaired) electrons. The number of nitrogens with one attached hydrogen (secondary N) is 3. The number of aromatic nitrogens is 3. The smallest absolute Gasteiger partial charge is 0.388 e. The van der Waals surface area contributed by atoms with Crippen molar-refractivity contribution in [3.05, 3.63) is 63.9 Å². The molecule has 35 heavy (non-hydrogen) atoms. The third-order valence-corrected chi connectivity index (χ3v) is 4.75. The Morgan fingerprint density at radius 1 is 1.26 bits per heavy atom. The first-order valence-corrected chi connectivity index (χ1v) is 10.3. The molecule has 0 spiro atoms. The minimum Gasteiger partial charge on any atom is -0.415 e. The van der Waals surface area contributed by atoms with E-state index in [9.17, 15) is 18.4 Å². The molecule has 0 aliphatic heterocycles. The number of hydrazine groups is 1. The first-order chi connectivity index (χ1) is 16.7. The van der Waals surface area contributed by atoms with E-state index in [0.29, 0.717) is 11.1 Å². The van der Waals surface area contributed by atoms with Gasteiger partial charge >= 0.3 is 6.61 Å². The molecular weight excluding hydrogens is 488 g/mol. The number of nitrogens with zero attached hydrogens (tertiary/aromatic N) is 4. The van der Waals surface area contributed by atoms with Crippen LogP contribution < -0.4 is 20.9 Å². The van der Waals surface area contributed by atoms with Gasteiger partial charge in [0.15, 0.2) is 5.82 Å². The van der Waals surface area contributed by atoms with Crippen LogP contribution in [0.25, 0.3) is 5.82 Å². The van der Waals surface area contributed by atoms with Crippen molar-refractivity contribution < 1.29 is 27.9 Å². The van der Waals surface area contributed by atoms with Crippen LogP contribution in [0.3, 0.4) is 0 Å². The van der Waals surface area contributed by atoms with Gasteiger partial charge in [0.2, 0.25) is 5.88 Å². The lowest BCUT2D eigenvalue weighted by atomic mass is 10.0. The van der Waals surface area contributed by atoms with Gasteiger partial charge < -0.3 is 14.9 Å². The molecule has 2 aromatic heterocycles. The fourth-order valence-electron chi connectivity index (χ4n) is 3.07. The number of aryl methyl sites for hydroxylation is 1. The second kappa shape index (κ2) is 11.4. The highest BCUT2D eigenvalue weighted by Crippen LogP contribution is 2.26. The second-order valence-electron chi connectivity index (χ2n) is 6.80. The van der Waals surface area contributed by atoms with Crippen LogP contribution in [-0.4, -0.2) is 53.6 Å². The fourth-order valence-corrected chi connectivity index (χ4v) is 3.27. The quantitative estimate of drug-likeness (QED) is 0.300. The highest BCUT2D eigenvalue weighted by Gasteiger charge is 2.24. The van der Waals surface area contributed by atoms with Crippen LogP contribution in [0.1, 0.15) is 32.0 Å². The standard InChI is InChI=1S/C21H20ClF2N7O4/c1-11-7-12(10-27-34-3)8-13(19(32)29-25-2)17(11)28-20(33)15-9-16(35-21(23)24)30-31(15)18-14(22)5-4-6-26-18/h4-10,21,25H,1-3H3,(H,28,33)(H,29,32)/b27-10+. The van der Waals surface area contributed by atoms with Crippen LogP contribution in [0.4, 0.5) is 14.5 Å². The first kappa shape index (κ1) is 25.5. The van der Waals surface area contributed by atoms with Crippen LogP contribution in [0.2, 0.25) is 5.02 Å². The number of carbonyl (C=O) groups excluding carboxylic acids is 2. The van der Waals surface area contributed by atoms with Crippen LogP contribution in [0.5, 0.6) is 5.88 Å². The average molecular weight is 508 g/mol. The van der Waals surface area contributed by atoms with Crippen molar-refractivity contribution in [1.29, 1.82) is 0 Å². The molecule has 0 unspecified atom stereocenters. The van der Waals surface area contributed by atoms with Gasteiger partial charge in [-0.25, -0.2) is 15.1 Å². The third-order valence-electron chi connectivity index (χ3n) is 4.46. The maximum Gasteiger partial charge on any atom is 0.388 e. The zero-order chi connectivity index (χ0) is 25.5. The molecule has 11 nitrogen and oxygen atoms in total. The number of anilines is 1. The van der Waals surface area contributed by atoms with Gasteiger partial charge in [-0.2, -0.15) is 8.78 Å². The highest BCUT2D eigenvalue weighted by atomic mass is 35.5. The third kappa shape index (κ3) is 6.07. The first-order valence-electron chi connectivity index (χ1n) is 9.90. The van der Waals surface area contributed by atoms with Crippen molar-refractivity contribution >= 4 is 35.3 Å². The van der Waals surface area contributed by atoms with Crippen molar-refractivity contribution in [1.82, 2.24) is 25.6 Å². The predicted octanol–water partition coefficient (Wildman–Crippen LogP) is 2.93. The topological polar surface area (TPSA) is 132 Å². The van der Waals surface area contributed by atoms with Crippen LogP contribution >= 0.6 is 11.6 Å². The number of amides is 2. The zero-order valence-corrected chi connectivity index (χ0v) is 19.4. The lowest BCUT2D eigenvalue weighted by molar-refractivity contribution is -0.0530. The Labute approximate surface area is 203 Å². The largest absolute Gasteiger partial charge is 0.415 e. The minimum absolute atomic E-state index is 0.0134. The van der Waals surface area contributed by atoms with Crippen molar-refractivity contribution in [3.63, 3.8) is 0 Å². The number of rotatable bonds is 9. The summed E-state index contributed by atoms with van der Waals surface area (Å²) >= 11 is 6.17. The molecule has 14 heteroatoms. The highest BCUT2D eigenvalue weighted by molar-refractivity contribution is 6.32. The predicted molar refractivity (Wildman–Crippen MR) is 123 cm³/mol. The number of ether oxygens (including phenoxy) is 1. The molecule has 0 saturated carbocycles. The van der Waals surface area contributed by atoms with E-state index in [0.717, 1.165) is 10.7 Å². The summed E-state index contributed by atoms with van der Waals surface area (Å²) in [4.78, 5) is 34.7. The molecule has 0 aliphatic carbocycles. The molecule has 0 aliphatic rings. The number of benzene rings is 1. The number of hydrogen-bond donors (Lipinski definition) is 3. The lowest BCUT2D eigenvalue weighted by Gasteiger charge is -2.15. The Bertz CT molecular complexity index is 1270. The molecule has 0 bridgehead atoms. The van der Waals surface area contributed by atoms with E-state index in [4.69, 9.17) is 11.6 Å².